The highest BCUT2D eigenvalue weighted by molar-refractivity contribution is 5.34. The molecule has 1 aromatic heterocycles. The van der Waals surface area contributed by atoms with Gasteiger partial charge in [-0.15, -0.1) is 0 Å². The monoisotopic (exact) mass is 248 g/mol. The van der Waals surface area contributed by atoms with Gasteiger partial charge in [-0.1, -0.05) is 6.07 Å². The minimum Gasteiger partial charge on any atom is -0.373 e. The largest absolute Gasteiger partial charge is 0.373 e. The molecule has 0 saturated carbocycles. The number of rotatable bonds is 5. The molecule has 1 saturated heterocycles. The van der Waals surface area contributed by atoms with Gasteiger partial charge in [0.1, 0.15) is 5.82 Å². The van der Waals surface area contributed by atoms with E-state index in [-0.39, 0.29) is 0 Å². The summed E-state index contributed by atoms with van der Waals surface area (Å²) in [5.74, 6) is 0.954. The van der Waals surface area contributed by atoms with Gasteiger partial charge in [0.2, 0.25) is 0 Å². The lowest BCUT2D eigenvalue weighted by Gasteiger charge is -2.26. The lowest BCUT2D eigenvalue weighted by atomic mass is 10.2. The zero-order valence-electron chi connectivity index (χ0n) is 11.7. The Morgan fingerprint density at radius 2 is 2.28 bits per heavy atom. The van der Waals surface area contributed by atoms with E-state index in [2.05, 4.69) is 46.3 Å². The van der Waals surface area contributed by atoms with Crippen LogP contribution in [0, 0.1) is 0 Å². The topological polar surface area (TPSA) is 31.4 Å². The third-order valence-electron chi connectivity index (χ3n) is 3.50. The van der Waals surface area contributed by atoms with Crippen molar-refractivity contribution in [2.24, 2.45) is 0 Å². The van der Waals surface area contributed by atoms with Crippen LogP contribution in [0.3, 0.4) is 0 Å². The third kappa shape index (κ3) is 3.43. The fourth-order valence-electron chi connectivity index (χ4n) is 2.65. The van der Waals surface area contributed by atoms with Crippen molar-refractivity contribution in [1.29, 1.82) is 0 Å². The Morgan fingerprint density at radius 1 is 1.44 bits per heavy atom. The molecule has 4 nitrogen and oxygen atoms in total. The van der Waals surface area contributed by atoms with E-state index in [0.29, 0.717) is 6.04 Å². The van der Waals surface area contributed by atoms with Gasteiger partial charge in [-0.3, -0.25) is 4.90 Å². The Morgan fingerprint density at radius 3 is 3.00 bits per heavy atom. The number of pyridine rings is 1. The molecule has 100 valence electrons. The van der Waals surface area contributed by atoms with Crippen LogP contribution in [0.5, 0.6) is 0 Å². The summed E-state index contributed by atoms with van der Waals surface area (Å²) in [5, 5.41) is 3.10. The molecule has 0 spiro atoms. The van der Waals surface area contributed by atoms with Gasteiger partial charge in [0.25, 0.3) is 0 Å². The Balaban J connectivity index is 1.98. The second-order valence-corrected chi connectivity index (χ2v) is 5.29. The van der Waals surface area contributed by atoms with Crippen LogP contribution in [0.25, 0.3) is 0 Å². The minimum absolute atomic E-state index is 0.681. The number of nitrogens with one attached hydrogen (secondary N) is 1. The fourth-order valence-corrected chi connectivity index (χ4v) is 2.65. The lowest BCUT2D eigenvalue weighted by Crippen LogP contribution is -2.37. The van der Waals surface area contributed by atoms with E-state index in [1.807, 2.05) is 13.1 Å². The maximum absolute atomic E-state index is 4.60. The molecule has 1 fully saturated rings. The van der Waals surface area contributed by atoms with E-state index in [1.165, 1.54) is 19.4 Å². The Kier molecular flexibility index (Phi) is 4.55. The van der Waals surface area contributed by atoms with Crippen LogP contribution in [0.4, 0.5) is 5.82 Å². The summed E-state index contributed by atoms with van der Waals surface area (Å²) in [6.07, 6.45) is 2.62. The van der Waals surface area contributed by atoms with Gasteiger partial charge in [-0.25, -0.2) is 4.98 Å². The van der Waals surface area contributed by atoms with Gasteiger partial charge in [-0.05, 0) is 45.6 Å². The smallest absolute Gasteiger partial charge is 0.126 e. The van der Waals surface area contributed by atoms with Gasteiger partial charge in [0.05, 0.1) is 5.69 Å². The van der Waals surface area contributed by atoms with Gasteiger partial charge in [0.15, 0.2) is 0 Å². The van der Waals surface area contributed by atoms with Crippen molar-refractivity contribution in [3.63, 3.8) is 0 Å². The van der Waals surface area contributed by atoms with Crippen LogP contribution in [0.15, 0.2) is 18.2 Å². The number of hydrogen-bond donors (Lipinski definition) is 1. The number of anilines is 1. The van der Waals surface area contributed by atoms with Crippen molar-refractivity contribution in [3.05, 3.63) is 23.9 Å². The predicted octanol–water partition coefficient (Wildman–Crippen LogP) is 1.65. The molecule has 0 aliphatic carbocycles. The normalized spacial score (nSPS) is 20.6. The molecule has 2 heterocycles. The summed E-state index contributed by atoms with van der Waals surface area (Å²) in [6.45, 7) is 3.31. The summed E-state index contributed by atoms with van der Waals surface area (Å²) in [6, 6.07) is 6.88. The average molecular weight is 248 g/mol. The first-order valence-electron chi connectivity index (χ1n) is 6.71. The Bertz CT molecular complexity index is 378. The molecule has 1 aromatic rings. The van der Waals surface area contributed by atoms with Crippen molar-refractivity contribution in [1.82, 2.24) is 14.8 Å². The summed E-state index contributed by atoms with van der Waals surface area (Å²) in [5.41, 5.74) is 1.16. The zero-order valence-corrected chi connectivity index (χ0v) is 11.7. The van der Waals surface area contributed by atoms with Crippen molar-refractivity contribution in [3.8, 4) is 0 Å². The molecule has 1 N–H and O–H groups in total. The first-order chi connectivity index (χ1) is 8.69. The number of nitrogens with zero attached hydrogens (tertiary/aromatic N) is 3. The quantitative estimate of drug-likeness (QED) is 0.858. The second-order valence-electron chi connectivity index (χ2n) is 5.29. The molecule has 0 bridgehead atoms. The van der Waals surface area contributed by atoms with E-state index in [9.17, 15) is 0 Å². The molecule has 0 amide bonds. The molecule has 2 rings (SSSR count). The lowest BCUT2D eigenvalue weighted by molar-refractivity contribution is 0.199. The van der Waals surface area contributed by atoms with Gasteiger partial charge in [0, 0.05) is 26.2 Å². The highest BCUT2D eigenvalue weighted by atomic mass is 15.2. The minimum atomic E-state index is 0.681. The number of aromatic nitrogens is 1. The summed E-state index contributed by atoms with van der Waals surface area (Å²) < 4.78 is 0. The fraction of sp³-hybridized carbons (Fsp3) is 0.643. The van der Waals surface area contributed by atoms with E-state index >= 15 is 0 Å². The van der Waals surface area contributed by atoms with Crippen LogP contribution in [0.1, 0.15) is 18.5 Å². The molecule has 1 unspecified atom stereocenters. The Labute approximate surface area is 110 Å². The van der Waals surface area contributed by atoms with Crippen molar-refractivity contribution in [2.75, 3.05) is 39.5 Å². The standard InChI is InChI=1S/C14H24N4/c1-15-14-8-4-6-12(16-14)10-18-9-5-7-13(18)11-17(2)3/h4,6,8,13H,5,7,9-11H2,1-3H3,(H,15,16). The molecule has 1 aliphatic heterocycles. The molecule has 4 heteroatoms. The summed E-state index contributed by atoms with van der Waals surface area (Å²) >= 11 is 0. The van der Waals surface area contributed by atoms with E-state index in [1.54, 1.807) is 0 Å². The second kappa shape index (κ2) is 6.16. The van der Waals surface area contributed by atoms with Crippen molar-refractivity contribution < 1.29 is 0 Å². The number of likely N-dealkylation sites (N-methyl/N-ethyl adjacent to an activating group) is 1. The first-order valence-corrected chi connectivity index (χ1v) is 6.71. The zero-order chi connectivity index (χ0) is 13.0. The van der Waals surface area contributed by atoms with E-state index in [4.69, 9.17) is 0 Å². The average Bonchev–Trinajstić information content (AvgIpc) is 2.76. The Hall–Kier alpha value is -1.13. The molecule has 1 atom stereocenters. The SMILES string of the molecule is CNc1cccc(CN2CCCC2CN(C)C)n1. The summed E-state index contributed by atoms with van der Waals surface area (Å²) in [4.78, 5) is 9.44. The highest BCUT2D eigenvalue weighted by Crippen LogP contribution is 2.20. The molecular formula is C14H24N4. The van der Waals surface area contributed by atoms with Gasteiger partial charge < -0.3 is 10.2 Å². The molecular weight excluding hydrogens is 224 g/mol. The van der Waals surface area contributed by atoms with Crippen LogP contribution < -0.4 is 5.32 Å². The van der Waals surface area contributed by atoms with E-state index < -0.39 is 0 Å². The van der Waals surface area contributed by atoms with Gasteiger partial charge >= 0.3 is 0 Å². The maximum atomic E-state index is 4.60. The van der Waals surface area contributed by atoms with Crippen LogP contribution >= 0.6 is 0 Å². The maximum Gasteiger partial charge on any atom is 0.126 e. The third-order valence-corrected chi connectivity index (χ3v) is 3.50. The first kappa shape index (κ1) is 13.3. The van der Waals surface area contributed by atoms with Gasteiger partial charge in [-0.2, -0.15) is 0 Å². The van der Waals surface area contributed by atoms with Crippen molar-refractivity contribution >= 4 is 5.82 Å². The summed E-state index contributed by atoms with van der Waals surface area (Å²) in [7, 11) is 6.21. The highest BCUT2D eigenvalue weighted by Gasteiger charge is 2.25. The van der Waals surface area contributed by atoms with E-state index in [0.717, 1.165) is 24.6 Å². The predicted molar refractivity (Wildman–Crippen MR) is 75.8 cm³/mol. The van der Waals surface area contributed by atoms with Crippen LogP contribution in [-0.4, -0.2) is 55.1 Å². The number of likely N-dealkylation sites (tertiary alicyclic amines) is 1. The molecule has 0 radical (unpaired) electrons. The van der Waals surface area contributed by atoms with Crippen LogP contribution in [0.2, 0.25) is 0 Å². The van der Waals surface area contributed by atoms with Crippen LogP contribution in [-0.2, 0) is 6.54 Å². The molecule has 1 aliphatic rings. The molecule has 18 heavy (non-hydrogen) atoms. The molecule has 0 aromatic carbocycles. The number of hydrogen-bond acceptors (Lipinski definition) is 4. The van der Waals surface area contributed by atoms with Crippen molar-refractivity contribution in [2.45, 2.75) is 25.4 Å².